The van der Waals surface area contributed by atoms with E-state index in [4.69, 9.17) is 4.74 Å². The highest BCUT2D eigenvalue weighted by atomic mass is 32.2. The minimum absolute atomic E-state index is 0.107. The highest BCUT2D eigenvalue weighted by molar-refractivity contribution is 7.92. The first kappa shape index (κ1) is 19.7. The van der Waals surface area contributed by atoms with Gasteiger partial charge in [-0.2, -0.15) is 0 Å². The van der Waals surface area contributed by atoms with Crippen LogP contribution in [-0.2, 0) is 21.2 Å². The van der Waals surface area contributed by atoms with Crippen LogP contribution in [0.5, 0.6) is 5.75 Å². The van der Waals surface area contributed by atoms with Gasteiger partial charge in [0.1, 0.15) is 18.1 Å². The van der Waals surface area contributed by atoms with Crippen molar-refractivity contribution in [2.75, 3.05) is 30.8 Å². The lowest BCUT2D eigenvalue weighted by Crippen LogP contribution is -2.41. The van der Waals surface area contributed by atoms with E-state index in [9.17, 15) is 17.6 Å². The molecule has 1 N–H and O–H groups in total. The molecule has 0 spiro atoms. The number of carbonyl (C=O) groups is 1. The highest BCUT2D eigenvalue weighted by Gasteiger charge is 2.21. The second-order valence-corrected chi connectivity index (χ2v) is 7.61. The zero-order valence-electron chi connectivity index (χ0n) is 14.6. The van der Waals surface area contributed by atoms with Gasteiger partial charge in [-0.3, -0.25) is 9.10 Å². The predicted molar refractivity (Wildman–Crippen MR) is 98.3 cm³/mol. The summed E-state index contributed by atoms with van der Waals surface area (Å²) in [6.07, 6.45) is 1.54. The number of hydrogen-bond donors (Lipinski definition) is 1. The maximum absolute atomic E-state index is 13.4. The molecule has 2 aromatic carbocycles. The van der Waals surface area contributed by atoms with Crippen molar-refractivity contribution in [1.29, 1.82) is 0 Å². The van der Waals surface area contributed by atoms with Crippen molar-refractivity contribution in [2.45, 2.75) is 6.42 Å². The summed E-state index contributed by atoms with van der Waals surface area (Å²) in [5.74, 6) is -0.319. The first-order valence-corrected chi connectivity index (χ1v) is 9.77. The molecular weight excluding hydrogens is 359 g/mol. The molecule has 6 nitrogen and oxygen atoms in total. The molecule has 0 saturated carbocycles. The average Bonchev–Trinajstić information content (AvgIpc) is 2.59. The smallest absolute Gasteiger partial charge is 0.240 e. The van der Waals surface area contributed by atoms with Crippen molar-refractivity contribution in [3.05, 3.63) is 59.9 Å². The number of hydrogen-bond acceptors (Lipinski definition) is 4. The van der Waals surface area contributed by atoms with E-state index in [2.05, 4.69) is 5.32 Å². The van der Waals surface area contributed by atoms with Gasteiger partial charge in [0.05, 0.1) is 19.1 Å². The number of benzene rings is 2. The number of sulfonamides is 1. The van der Waals surface area contributed by atoms with Gasteiger partial charge in [-0.15, -0.1) is 0 Å². The first-order valence-electron chi connectivity index (χ1n) is 7.92. The third kappa shape index (κ3) is 5.73. The van der Waals surface area contributed by atoms with Crippen LogP contribution in [0.3, 0.4) is 0 Å². The first-order chi connectivity index (χ1) is 12.3. The maximum atomic E-state index is 13.4. The minimum atomic E-state index is -3.73. The maximum Gasteiger partial charge on any atom is 0.240 e. The second kappa shape index (κ2) is 8.66. The van der Waals surface area contributed by atoms with Crippen LogP contribution in [0.4, 0.5) is 10.1 Å². The van der Waals surface area contributed by atoms with Gasteiger partial charge < -0.3 is 10.1 Å². The lowest BCUT2D eigenvalue weighted by molar-refractivity contribution is -0.119. The summed E-state index contributed by atoms with van der Waals surface area (Å²) in [5, 5.41) is 2.68. The third-order valence-corrected chi connectivity index (χ3v) is 4.79. The van der Waals surface area contributed by atoms with Crippen LogP contribution in [0.1, 0.15) is 5.56 Å². The van der Waals surface area contributed by atoms with E-state index in [-0.39, 0.29) is 5.69 Å². The summed E-state index contributed by atoms with van der Waals surface area (Å²) in [6, 6.07) is 12.6. The number of nitrogens with one attached hydrogen (secondary N) is 1. The van der Waals surface area contributed by atoms with Gasteiger partial charge in [0, 0.05) is 6.54 Å². The quantitative estimate of drug-likeness (QED) is 0.760. The van der Waals surface area contributed by atoms with Crippen LogP contribution in [0, 0.1) is 5.82 Å². The largest absolute Gasteiger partial charge is 0.497 e. The molecule has 8 heteroatoms. The fourth-order valence-electron chi connectivity index (χ4n) is 2.39. The summed E-state index contributed by atoms with van der Waals surface area (Å²) < 4.78 is 43.3. The molecular formula is C18H21FN2O4S. The molecule has 0 aliphatic rings. The predicted octanol–water partition coefficient (Wildman–Crippen LogP) is 1.96. The van der Waals surface area contributed by atoms with Gasteiger partial charge in [-0.05, 0) is 42.3 Å². The van der Waals surface area contributed by atoms with E-state index in [0.717, 1.165) is 27.9 Å². The molecule has 0 radical (unpaired) electrons. The molecule has 0 fully saturated rings. The molecule has 0 atom stereocenters. The van der Waals surface area contributed by atoms with E-state index < -0.39 is 28.3 Å². The minimum Gasteiger partial charge on any atom is -0.497 e. The van der Waals surface area contributed by atoms with Crippen LogP contribution < -0.4 is 14.4 Å². The number of ether oxygens (including phenoxy) is 1. The van der Waals surface area contributed by atoms with E-state index in [1.165, 1.54) is 18.2 Å². The van der Waals surface area contributed by atoms with Crippen LogP contribution in [0.25, 0.3) is 0 Å². The van der Waals surface area contributed by atoms with Crippen LogP contribution in [0.2, 0.25) is 0 Å². The summed E-state index contributed by atoms with van der Waals surface area (Å²) in [4.78, 5) is 12.1. The number of rotatable bonds is 8. The fraction of sp³-hybridized carbons (Fsp3) is 0.278. The van der Waals surface area contributed by atoms with Gasteiger partial charge in [-0.25, -0.2) is 12.8 Å². The Hall–Kier alpha value is -2.61. The zero-order chi connectivity index (χ0) is 19.2. The molecule has 0 unspecified atom stereocenters. The average molecular weight is 380 g/mol. The molecule has 26 heavy (non-hydrogen) atoms. The lowest BCUT2D eigenvalue weighted by Gasteiger charge is -2.21. The molecule has 0 aliphatic heterocycles. The van der Waals surface area contributed by atoms with Crippen molar-refractivity contribution in [3.63, 3.8) is 0 Å². The molecule has 2 rings (SSSR count). The zero-order valence-corrected chi connectivity index (χ0v) is 15.4. The number of nitrogens with zero attached hydrogens (tertiary/aromatic N) is 1. The van der Waals surface area contributed by atoms with E-state index in [1.54, 1.807) is 7.11 Å². The molecule has 0 bridgehead atoms. The molecule has 0 saturated heterocycles. The topological polar surface area (TPSA) is 75.7 Å². The summed E-state index contributed by atoms with van der Waals surface area (Å²) in [7, 11) is -2.15. The Labute approximate surface area is 152 Å². The fourth-order valence-corrected chi connectivity index (χ4v) is 3.24. The number of methoxy groups -OCH3 is 1. The van der Waals surface area contributed by atoms with Crippen molar-refractivity contribution >= 4 is 21.6 Å². The van der Waals surface area contributed by atoms with Crippen molar-refractivity contribution in [2.24, 2.45) is 0 Å². The Bertz CT molecular complexity index is 871. The second-order valence-electron chi connectivity index (χ2n) is 5.70. The van der Waals surface area contributed by atoms with Gasteiger partial charge in [0.2, 0.25) is 15.9 Å². The van der Waals surface area contributed by atoms with Crippen LogP contribution in [-0.4, -0.2) is 40.8 Å². The number of amides is 1. The van der Waals surface area contributed by atoms with Gasteiger partial charge in [-0.1, -0.05) is 18.2 Å². The van der Waals surface area contributed by atoms with Crippen molar-refractivity contribution < 1.29 is 22.3 Å². The number of anilines is 1. The lowest BCUT2D eigenvalue weighted by atomic mass is 10.1. The molecule has 0 aromatic heterocycles. The summed E-state index contributed by atoms with van der Waals surface area (Å²) >= 11 is 0. The number of halogens is 1. The van der Waals surface area contributed by atoms with E-state index in [0.29, 0.717) is 13.0 Å². The van der Waals surface area contributed by atoms with Crippen molar-refractivity contribution in [1.82, 2.24) is 5.32 Å². The third-order valence-electron chi connectivity index (χ3n) is 3.65. The van der Waals surface area contributed by atoms with Crippen LogP contribution >= 0.6 is 0 Å². The monoisotopic (exact) mass is 380 g/mol. The molecule has 140 valence electrons. The van der Waals surface area contributed by atoms with Gasteiger partial charge >= 0.3 is 0 Å². The Morgan fingerprint density at radius 1 is 1.19 bits per heavy atom. The van der Waals surface area contributed by atoms with Gasteiger partial charge in [0.25, 0.3) is 0 Å². The molecule has 1 amide bonds. The molecule has 0 heterocycles. The normalized spacial score (nSPS) is 11.0. The van der Waals surface area contributed by atoms with Crippen LogP contribution in [0.15, 0.2) is 48.5 Å². The number of carbonyl (C=O) groups excluding carboxylic acids is 1. The summed E-state index contributed by atoms with van der Waals surface area (Å²) in [5.41, 5.74) is 1.09. The van der Waals surface area contributed by atoms with E-state index >= 15 is 0 Å². The Morgan fingerprint density at radius 3 is 2.58 bits per heavy atom. The Kier molecular flexibility index (Phi) is 6.57. The molecule has 0 aliphatic carbocycles. The Morgan fingerprint density at radius 2 is 1.92 bits per heavy atom. The van der Waals surface area contributed by atoms with E-state index in [1.807, 2.05) is 24.3 Å². The van der Waals surface area contributed by atoms with Crippen molar-refractivity contribution in [3.8, 4) is 5.75 Å². The summed E-state index contributed by atoms with van der Waals surface area (Å²) in [6.45, 7) is -0.0762. The molecule has 2 aromatic rings. The highest BCUT2D eigenvalue weighted by Crippen LogP contribution is 2.18. The Balaban J connectivity index is 1.97. The standard InChI is InChI=1S/C18H21FN2O4S/c1-25-17-8-3-5-14(11-17)9-10-20-18(22)13-21(26(2,23)24)16-7-4-6-15(19)12-16/h3-8,11-12H,9-10,13H2,1-2H3,(H,20,22). The van der Waals surface area contributed by atoms with Gasteiger partial charge in [0.15, 0.2) is 0 Å². The SMILES string of the molecule is COc1cccc(CCNC(=O)CN(c2cccc(F)c2)S(C)(=O)=O)c1.